The van der Waals surface area contributed by atoms with Crippen molar-refractivity contribution in [2.24, 2.45) is 11.8 Å². The first-order chi connectivity index (χ1) is 21.5. The first-order valence-corrected chi connectivity index (χ1v) is 16.8. The van der Waals surface area contributed by atoms with Gasteiger partial charge in [0, 0.05) is 64.1 Å². The van der Waals surface area contributed by atoms with E-state index in [9.17, 15) is 0 Å². The molecule has 240 valence electrons. The molecule has 0 amide bonds. The van der Waals surface area contributed by atoms with Crippen LogP contribution in [-0.4, -0.2) is 18.6 Å². The van der Waals surface area contributed by atoms with Gasteiger partial charge in [0.1, 0.15) is 0 Å². The van der Waals surface area contributed by atoms with E-state index in [0.29, 0.717) is 23.9 Å². The SMILES string of the molecule is CCN(c1ccc(Nc2ccc(NC(C)CC(C)C)cc2)c(C)c1)c1ccc(Nc2ccc(NC(C)CC(C)C)cc2)c(C)c1. The molecule has 0 spiro atoms. The molecule has 2 unspecified atom stereocenters. The smallest absolute Gasteiger partial charge is 0.0415 e. The van der Waals surface area contributed by atoms with Crippen LogP contribution >= 0.6 is 0 Å². The van der Waals surface area contributed by atoms with Crippen LogP contribution < -0.4 is 26.2 Å². The summed E-state index contributed by atoms with van der Waals surface area (Å²) in [5.41, 5.74) is 11.5. The van der Waals surface area contributed by atoms with Crippen LogP contribution in [0.4, 0.5) is 45.5 Å². The minimum absolute atomic E-state index is 0.458. The van der Waals surface area contributed by atoms with Crippen LogP contribution in [0.3, 0.4) is 0 Å². The van der Waals surface area contributed by atoms with Gasteiger partial charge in [-0.25, -0.2) is 0 Å². The highest BCUT2D eigenvalue weighted by Gasteiger charge is 2.12. The maximum Gasteiger partial charge on any atom is 0.0415 e. The summed E-state index contributed by atoms with van der Waals surface area (Å²) in [6.07, 6.45) is 2.32. The van der Waals surface area contributed by atoms with Gasteiger partial charge in [0.05, 0.1) is 0 Å². The van der Waals surface area contributed by atoms with E-state index in [4.69, 9.17) is 0 Å². The Balaban J connectivity index is 1.39. The van der Waals surface area contributed by atoms with Crippen molar-refractivity contribution in [3.05, 3.63) is 96.1 Å². The molecule has 0 aliphatic rings. The Kier molecular flexibility index (Phi) is 11.8. The van der Waals surface area contributed by atoms with Gasteiger partial charge in [0.15, 0.2) is 0 Å². The average molecular weight is 606 g/mol. The third-order valence-electron chi connectivity index (χ3n) is 8.16. The van der Waals surface area contributed by atoms with E-state index >= 15 is 0 Å². The number of hydrogen-bond acceptors (Lipinski definition) is 5. The molecule has 0 fully saturated rings. The number of aryl methyl sites for hydroxylation is 2. The minimum atomic E-state index is 0.458. The maximum atomic E-state index is 3.61. The molecule has 5 nitrogen and oxygen atoms in total. The molecule has 4 aromatic carbocycles. The molecular formula is C40H55N5. The summed E-state index contributed by atoms with van der Waals surface area (Å²) >= 11 is 0. The van der Waals surface area contributed by atoms with Gasteiger partial charge >= 0.3 is 0 Å². The highest BCUT2D eigenvalue weighted by Crippen LogP contribution is 2.33. The Morgan fingerprint density at radius 2 is 0.867 bits per heavy atom. The van der Waals surface area contributed by atoms with Crippen molar-refractivity contribution in [1.29, 1.82) is 0 Å². The van der Waals surface area contributed by atoms with Gasteiger partial charge in [-0.2, -0.15) is 0 Å². The zero-order valence-corrected chi connectivity index (χ0v) is 29.0. The van der Waals surface area contributed by atoms with Crippen LogP contribution in [0.2, 0.25) is 0 Å². The Morgan fingerprint density at radius 1 is 0.511 bits per heavy atom. The molecule has 45 heavy (non-hydrogen) atoms. The zero-order chi connectivity index (χ0) is 32.5. The summed E-state index contributed by atoms with van der Waals surface area (Å²) in [6, 6.07) is 31.5. The van der Waals surface area contributed by atoms with Crippen LogP contribution in [0, 0.1) is 25.7 Å². The molecule has 0 bridgehead atoms. The number of rotatable bonds is 15. The number of anilines is 8. The molecule has 4 aromatic rings. The lowest BCUT2D eigenvalue weighted by Crippen LogP contribution is -2.17. The van der Waals surface area contributed by atoms with Crippen LogP contribution in [0.15, 0.2) is 84.9 Å². The van der Waals surface area contributed by atoms with Gasteiger partial charge in [-0.05, 0) is 155 Å². The van der Waals surface area contributed by atoms with Crippen molar-refractivity contribution >= 4 is 45.5 Å². The van der Waals surface area contributed by atoms with E-state index < -0.39 is 0 Å². The van der Waals surface area contributed by atoms with Crippen molar-refractivity contribution < 1.29 is 0 Å². The third kappa shape index (κ3) is 9.94. The zero-order valence-electron chi connectivity index (χ0n) is 29.0. The second-order valence-electron chi connectivity index (χ2n) is 13.5. The van der Waals surface area contributed by atoms with Crippen molar-refractivity contribution in [1.82, 2.24) is 0 Å². The molecule has 0 aromatic heterocycles. The van der Waals surface area contributed by atoms with Gasteiger partial charge in [-0.1, -0.05) is 27.7 Å². The van der Waals surface area contributed by atoms with Crippen molar-refractivity contribution in [3.63, 3.8) is 0 Å². The lowest BCUT2D eigenvalue weighted by Gasteiger charge is -2.25. The van der Waals surface area contributed by atoms with Crippen molar-refractivity contribution in [2.45, 2.75) is 87.2 Å². The van der Waals surface area contributed by atoms with E-state index in [1.54, 1.807) is 0 Å². The highest BCUT2D eigenvalue weighted by molar-refractivity contribution is 5.74. The lowest BCUT2D eigenvalue weighted by atomic mass is 10.1. The molecule has 0 heterocycles. The Labute approximate surface area is 272 Å². The quantitative estimate of drug-likeness (QED) is 0.109. The molecule has 5 heteroatoms. The topological polar surface area (TPSA) is 51.4 Å². The third-order valence-corrected chi connectivity index (χ3v) is 8.16. The molecule has 0 saturated heterocycles. The van der Waals surface area contributed by atoms with E-state index in [1.807, 2.05) is 0 Å². The number of hydrogen-bond donors (Lipinski definition) is 4. The summed E-state index contributed by atoms with van der Waals surface area (Å²) in [4.78, 5) is 2.37. The number of nitrogens with one attached hydrogen (secondary N) is 4. The van der Waals surface area contributed by atoms with Crippen LogP contribution in [0.25, 0.3) is 0 Å². The normalized spacial score (nSPS) is 12.6. The maximum absolute atomic E-state index is 3.61. The van der Waals surface area contributed by atoms with Crippen molar-refractivity contribution in [2.75, 3.05) is 32.7 Å². The summed E-state index contributed by atoms with van der Waals surface area (Å²) in [5, 5.41) is 14.4. The summed E-state index contributed by atoms with van der Waals surface area (Å²) in [7, 11) is 0. The van der Waals surface area contributed by atoms with Gasteiger partial charge in [-0.15, -0.1) is 0 Å². The average Bonchev–Trinajstić information content (AvgIpc) is 2.97. The standard InChI is InChI=1S/C40H55N5/c1-10-45(37-19-21-39(29(6)25-37)43-35-15-11-33(12-16-35)41-31(8)23-27(2)3)38-20-22-40(30(7)26-38)44-36-17-13-34(14-18-36)42-32(9)24-28(4)5/h11-22,25-28,31-32,41-44H,10,23-24H2,1-9H3. The molecule has 4 N–H and O–H groups in total. The summed E-state index contributed by atoms with van der Waals surface area (Å²) in [5.74, 6) is 1.37. The molecule has 0 radical (unpaired) electrons. The minimum Gasteiger partial charge on any atom is -0.383 e. The first kappa shape index (κ1) is 33.8. The molecule has 4 rings (SSSR count). The number of nitrogens with zero attached hydrogens (tertiary/aromatic N) is 1. The molecule has 0 aliphatic heterocycles. The van der Waals surface area contributed by atoms with Crippen LogP contribution in [0.5, 0.6) is 0 Å². The van der Waals surface area contributed by atoms with Crippen molar-refractivity contribution in [3.8, 4) is 0 Å². The summed E-state index contributed by atoms with van der Waals surface area (Å²) < 4.78 is 0. The first-order valence-electron chi connectivity index (χ1n) is 16.8. The fourth-order valence-electron chi connectivity index (χ4n) is 6.14. The second kappa shape index (κ2) is 15.7. The van der Waals surface area contributed by atoms with Gasteiger partial charge in [0.2, 0.25) is 0 Å². The van der Waals surface area contributed by atoms with Crippen LogP contribution in [-0.2, 0) is 0 Å². The van der Waals surface area contributed by atoms with E-state index in [-0.39, 0.29) is 0 Å². The predicted octanol–water partition coefficient (Wildman–Crippen LogP) is 11.6. The number of benzene rings is 4. The predicted molar refractivity (Wildman–Crippen MR) is 200 cm³/mol. The largest absolute Gasteiger partial charge is 0.383 e. The monoisotopic (exact) mass is 605 g/mol. The second-order valence-corrected chi connectivity index (χ2v) is 13.5. The molecule has 0 saturated carbocycles. The van der Waals surface area contributed by atoms with Crippen LogP contribution in [0.1, 0.15) is 72.4 Å². The Morgan fingerprint density at radius 3 is 1.18 bits per heavy atom. The Hall–Kier alpha value is -4.12. The molecule has 2 atom stereocenters. The summed E-state index contributed by atoms with van der Waals surface area (Å²) in [6.45, 7) is 21.0. The van der Waals surface area contributed by atoms with Gasteiger partial charge < -0.3 is 26.2 Å². The fraction of sp³-hybridized carbons (Fsp3) is 0.400. The molecule has 0 aliphatic carbocycles. The highest BCUT2D eigenvalue weighted by atomic mass is 15.1. The fourth-order valence-corrected chi connectivity index (χ4v) is 6.14. The van der Waals surface area contributed by atoms with E-state index in [0.717, 1.165) is 53.5 Å². The Bertz CT molecular complexity index is 1380. The van der Waals surface area contributed by atoms with E-state index in [1.165, 1.54) is 22.5 Å². The van der Waals surface area contributed by atoms with Gasteiger partial charge in [0.25, 0.3) is 0 Å². The van der Waals surface area contributed by atoms with Gasteiger partial charge in [-0.3, -0.25) is 0 Å². The lowest BCUT2D eigenvalue weighted by molar-refractivity contribution is 0.539. The van der Waals surface area contributed by atoms with E-state index in [2.05, 4.69) is 173 Å². The molecular weight excluding hydrogens is 550 g/mol.